The SMILES string of the molecule is COc1c(OC2CCSC2)cccc1C(C)CCN. The molecule has 1 fully saturated rings. The van der Waals surface area contributed by atoms with Crippen LogP contribution < -0.4 is 15.2 Å². The van der Waals surface area contributed by atoms with E-state index in [9.17, 15) is 0 Å². The molecule has 0 bridgehead atoms. The Labute approximate surface area is 119 Å². The van der Waals surface area contributed by atoms with Gasteiger partial charge in [-0.3, -0.25) is 0 Å². The first-order chi connectivity index (χ1) is 9.26. The summed E-state index contributed by atoms with van der Waals surface area (Å²) in [5.41, 5.74) is 6.84. The first-order valence-corrected chi connectivity index (χ1v) is 8.03. The molecule has 3 nitrogen and oxygen atoms in total. The highest BCUT2D eigenvalue weighted by atomic mass is 32.2. The molecule has 0 aliphatic carbocycles. The Morgan fingerprint density at radius 2 is 2.32 bits per heavy atom. The minimum Gasteiger partial charge on any atom is -0.493 e. The van der Waals surface area contributed by atoms with E-state index in [0.29, 0.717) is 18.6 Å². The zero-order valence-electron chi connectivity index (χ0n) is 11.7. The normalized spacial score (nSPS) is 20.3. The number of hydrogen-bond donors (Lipinski definition) is 1. The first kappa shape index (κ1) is 14.5. The minimum absolute atomic E-state index is 0.318. The van der Waals surface area contributed by atoms with E-state index < -0.39 is 0 Å². The molecule has 1 aliphatic heterocycles. The fourth-order valence-electron chi connectivity index (χ4n) is 2.42. The number of thioether (sulfide) groups is 1. The molecular weight excluding hydrogens is 258 g/mol. The molecule has 0 amide bonds. The maximum atomic E-state index is 6.09. The Hall–Kier alpha value is -0.870. The van der Waals surface area contributed by atoms with Crippen LogP contribution in [0.1, 0.15) is 31.2 Å². The summed E-state index contributed by atoms with van der Waals surface area (Å²) < 4.78 is 11.7. The van der Waals surface area contributed by atoms with E-state index in [4.69, 9.17) is 15.2 Å². The van der Waals surface area contributed by atoms with Crippen LogP contribution in [0.4, 0.5) is 0 Å². The quantitative estimate of drug-likeness (QED) is 0.870. The summed E-state index contributed by atoms with van der Waals surface area (Å²) in [4.78, 5) is 0. The second-order valence-electron chi connectivity index (χ2n) is 4.96. The Kier molecular flexibility index (Phi) is 5.40. The smallest absolute Gasteiger partial charge is 0.164 e. The Bertz CT molecular complexity index is 405. The topological polar surface area (TPSA) is 44.5 Å². The van der Waals surface area contributed by atoms with E-state index in [1.165, 1.54) is 11.3 Å². The maximum absolute atomic E-state index is 6.09. The van der Waals surface area contributed by atoms with Gasteiger partial charge >= 0.3 is 0 Å². The Morgan fingerprint density at radius 3 is 2.95 bits per heavy atom. The number of methoxy groups -OCH3 is 1. The number of para-hydroxylation sites is 1. The molecule has 2 unspecified atom stereocenters. The lowest BCUT2D eigenvalue weighted by atomic mass is 9.96. The highest BCUT2D eigenvalue weighted by molar-refractivity contribution is 7.99. The maximum Gasteiger partial charge on any atom is 0.164 e. The largest absolute Gasteiger partial charge is 0.493 e. The fraction of sp³-hybridized carbons (Fsp3) is 0.600. The molecule has 1 saturated heterocycles. The number of rotatable bonds is 6. The summed E-state index contributed by atoms with van der Waals surface area (Å²) >= 11 is 1.95. The Morgan fingerprint density at radius 1 is 1.47 bits per heavy atom. The molecule has 1 aromatic carbocycles. The molecule has 19 heavy (non-hydrogen) atoms. The number of hydrogen-bond acceptors (Lipinski definition) is 4. The van der Waals surface area contributed by atoms with Crippen LogP contribution in [0.3, 0.4) is 0 Å². The van der Waals surface area contributed by atoms with Crippen molar-refractivity contribution in [2.24, 2.45) is 5.73 Å². The lowest BCUT2D eigenvalue weighted by molar-refractivity contribution is 0.217. The summed E-state index contributed by atoms with van der Waals surface area (Å²) in [5, 5.41) is 0. The molecule has 0 aromatic heterocycles. The number of benzene rings is 1. The van der Waals surface area contributed by atoms with Crippen molar-refractivity contribution in [1.29, 1.82) is 0 Å². The van der Waals surface area contributed by atoms with E-state index in [-0.39, 0.29) is 0 Å². The average molecular weight is 281 g/mol. The molecule has 2 N–H and O–H groups in total. The lowest BCUT2D eigenvalue weighted by Crippen LogP contribution is -2.16. The van der Waals surface area contributed by atoms with Gasteiger partial charge in [-0.15, -0.1) is 0 Å². The lowest BCUT2D eigenvalue weighted by Gasteiger charge is -2.20. The van der Waals surface area contributed by atoms with Crippen LogP contribution in [0.5, 0.6) is 11.5 Å². The zero-order valence-corrected chi connectivity index (χ0v) is 12.5. The van der Waals surface area contributed by atoms with Gasteiger partial charge in [0, 0.05) is 11.3 Å². The summed E-state index contributed by atoms with van der Waals surface area (Å²) in [6.07, 6.45) is 2.40. The van der Waals surface area contributed by atoms with E-state index in [1.807, 2.05) is 23.9 Å². The first-order valence-electron chi connectivity index (χ1n) is 6.87. The van der Waals surface area contributed by atoms with Gasteiger partial charge in [0.25, 0.3) is 0 Å². The van der Waals surface area contributed by atoms with Gasteiger partial charge in [0.1, 0.15) is 6.10 Å². The van der Waals surface area contributed by atoms with Crippen LogP contribution in [-0.4, -0.2) is 31.3 Å². The van der Waals surface area contributed by atoms with E-state index in [2.05, 4.69) is 13.0 Å². The van der Waals surface area contributed by atoms with Gasteiger partial charge in [0.05, 0.1) is 7.11 Å². The van der Waals surface area contributed by atoms with Gasteiger partial charge in [-0.1, -0.05) is 19.1 Å². The molecule has 4 heteroatoms. The molecule has 1 aliphatic rings. The van der Waals surface area contributed by atoms with E-state index >= 15 is 0 Å². The van der Waals surface area contributed by atoms with Gasteiger partial charge in [0.2, 0.25) is 0 Å². The third-order valence-electron chi connectivity index (χ3n) is 3.53. The van der Waals surface area contributed by atoms with Crippen molar-refractivity contribution in [1.82, 2.24) is 0 Å². The summed E-state index contributed by atoms with van der Waals surface area (Å²) in [7, 11) is 1.71. The molecule has 2 rings (SSSR count). The fourth-order valence-corrected chi connectivity index (χ4v) is 3.52. The van der Waals surface area contributed by atoms with Crippen LogP contribution >= 0.6 is 11.8 Å². The molecule has 1 heterocycles. The van der Waals surface area contributed by atoms with Crippen LogP contribution in [0, 0.1) is 0 Å². The predicted octanol–water partition coefficient (Wildman–Crippen LogP) is 3.03. The van der Waals surface area contributed by atoms with Crippen molar-refractivity contribution < 1.29 is 9.47 Å². The summed E-state index contributed by atoms with van der Waals surface area (Å²) in [6, 6.07) is 6.15. The zero-order chi connectivity index (χ0) is 13.7. The van der Waals surface area contributed by atoms with Gasteiger partial charge in [-0.2, -0.15) is 11.8 Å². The highest BCUT2D eigenvalue weighted by Crippen LogP contribution is 2.38. The van der Waals surface area contributed by atoms with Crippen molar-refractivity contribution >= 4 is 11.8 Å². The predicted molar refractivity (Wildman–Crippen MR) is 81.4 cm³/mol. The third-order valence-corrected chi connectivity index (χ3v) is 4.66. The van der Waals surface area contributed by atoms with Crippen LogP contribution in [0.25, 0.3) is 0 Å². The molecular formula is C15H23NO2S. The molecule has 0 saturated carbocycles. The molecule has 2 atom stereocenters. The number of nitrogens with two attached hydrogens (primary N) is 1. The standard InChI is InChI=1S/C15H23NO2S/c1-11(6-8-16)13-4-3-5-14(15(13)17-2)18-12-7-9-19-10-12/h3-5,11-12H,6-10,16H2,1-2H3. The molecule has 0 radical (unpaired) electrons. The second-order valence-corrected chi connectivity index (χ2v) is 6.11. The van der Waals surface area contributed by atoms with Crippen molar-refractivity contribution in [3.05, 3.63) is 23.8 Å². The minimum atomic E-state index is 0.318. The highest BCUT2D eigenvalue weighted by Gasteiger charge is 2.21. The average Bonchev–Trinajstić information content (AvgIpc) is 2.91. The second kappa shape index (κ2) is 7.06. The number of ether oxygens (including phenoxy) is 2. The van der Waals surface area contributed by atoms with Crippen LogP contribution in [0.15, 0.2) is 18.2 Å². The van der Waals surface area contributed by atoms with Crippen molar-refractivity contribution in [2.45, 2.75) is 31.8 Å². The molecule has 1 aromatic rings. The monoisotopic (exact) mass is 281 g/mol. The van der Waals surface area contributed by atoms with E-state index in [1.54, 1.807) is 7.11 Å². The van der Waals surface area contributed by atoms with Crippen molar-refractivity contribution in [3.8, 4) is 11.5 Å². The van der Waals surface area contributed by atoms with Crippen LogP contribution in [-0.2, 0) is 0 Å². The molecule has 0 spiro atoms. The summed E-state index contributed by atoms with van der Waals surface area (Å²) in [6.45, 7) is 2.87. The summed E-state index contributed by atoms with van der Waals surface area (Å²) in [5.74, 6) is 4.40. The van der Waals surface area contributed by atoms with Gasteiger partial charge in [-0.05, 0) is 37.1 Å². The van der Waals surface area contributed by atoms with Gasteiger partial charge < -0.3 is 15.2 Å². The van der Waals surface area contributed by atoms with Crippen molar-refractivity contribution in [3.63, 3.8) is 0 Å². The Balaban J connectivity index is 2.20. The molecule has 106 valence electrons. The third kappa shape index (κ3) is 3.57. The van der Waals surface area contributed by atoms with Crippen molar-refractivity contribution in [2.75, 3.05) is 25.2 Å². The van der Waals surface area contributed by atoms with Crippen LogP contribution in [0.2, 0.25) is 0 Å². The van der Waals surface area contributed by atoms with Gasteiger partial charge in [-0.25, -0.2) is 0 Å². The van der Waals surface area contributed by atoms with Gasteiger partial charge in [0.15, 0.2) is 11.5 Å². The van der Waals surface area contributed by atoms with E-state index in [0.717, 1.165) is 30.1 Å².